The summed E-state index contributed by atoms with van der Waals surface area (Å²) < 4.78 is 15.3. The van der Waals surface area contributed by atoms with E-state index in [0.717, 1.165) is 12.8 Å². The quantitative estimate of drug-likeness (QED) is 0.601. The Kier molecular flexibility index (Phi) is 3.59. The zero-order valence-electron chi connectivity index (χ0n) is 6.75. The standard InChI is InChI=1S/C7H13ClO3/c1-9-6-4-3-5(8)7(10-2)11-6/h5-7H,3-4H2,1-2H3. The largest absolute Gasteiger partial charge is 0.356 e. The van der Waals surface area contributed by atoms with E-state index in [4.69, 9.17) is 25.8 Å². The van der Waals surface area contributed by atoms with Crippen molar-refractivity contribution in [2.45, 2.75) is 30.8 Å². The van der Waals surface area contributed by atoms with Crippen LogP contribution in [0.5, 0.6) is 0 Å². The lowest BCUT2D eigenvalue weighted by Crippen LogP contribution is -2.37. The molecule has 0 aromatic heterocycles. The van der Waals surface area contributed by atoms with Crippen molar-refractivity contribution in [1.82, 2.24) is 0 Å². The van der Waals surface area contributed by atoms with Crippen molar-refractivity contribution in [3.05, 3.63) is 0 Å². The number of hydrogen-bond donors (Lipinski definition) is 0. The van der Waals surface area contributed by atoms with Crippen LogP contribution in [0, 0.1) is 0 Å². The molecule has 0 bridgehead atoms. The summed E-state index contributed by atoms with van der Waals surface area (Å²) in [5.41, 5.74) is 0. The Labute approximate surface area is 71.6 Å². The van der Waals surface area contributed by atoms with Crippen LogP contribution in [-0.2, 0) is 14.2 Å². The van der Waals surface area contributed by atoms with Crippen LogP contribution in [-0.4, -0.2) is 32.2 Å². The zero-order chi connectivity index (χ0) is 8.27. The highest BCUT2D eigenvalue weighted by Crippen LogP contribution is 2.24. The van der Waals surface area contributed by atoms with Crippen molar-refractivity contribution >= 4 is 11.6 Å². The molecule has 3 unspecified atom stereocenters. The summed E-state index contributed by atoms with van der Waals surface area (Å²) in [7, 11) is 3.20. The van der Waals surface area contributed by atoms with Crippen molar-refractivity contribution < 1.29 is 14.2 Å². The Morgan fingerprint density at radius 2 is 2.00 bits per heavy atom. The zero-order valence-corrected chi connectivity index (χ0v) is 7.50. The minimum Gasteiger partial charge on any atom is -0.356 e. The topological polar surface area (TPSA) is 27.7 Å². The van der Waals surface area contributed by atoms with Gasteiger partial charge in [0, 0.05) is 20.6 Å². The van der Waals surface area contributed by atoms with Crippen LogP contribution in [0.4, 0.5) is 0 Å². The molecule has 0 aromatic rings. The molecule has 66 valence electrons. The van der Waals surface area contributed by atoms with E-state index >= 15 is 0 Å². The van der Waals surface area contributed by atoms with Crippen molar-refractivity contribution in [3.63, 3.8) is 0 Å². The molecular formula is C7H13ClO3. The fourth-order valence-electron chi connectivity index (χ4n) is 1.11. The first kappa shape index (κ1) is 9.26. The van der Waals surface area contributed by atoms with Crippen LogP contribution < -0.4 is 0 Å². The SMILES string of the molecule is COC1CCC(Cl)C(OC)O1. The van der Waals surface area contributed by atoms with Crippen molar-refractivity contribution in [3.8, 4) is 0 Å². The van der Waals surface area contributed by atoms with Crippen LogP contribution in [0.1, 0.15) is 12.8 Å². The minimum atomic E-state index is -0.324. The molecule has 0 amide bonds. The minimum absolute atomic E-state index is 0.0496. The fraction of sp³-hybridized carbons (Fsp3) is 1.00. The molecular weight excluding hydrogens is 168 g/mol. The number of alkyl halides is 1. The monoisotopic (exact) mass is 180 g/mol. The average Bonchev–Trinajstić information content (AvgIpc) is 2.05. The number of hydrogen-bond acceptors (Lipinski definition) is 3. The second-order valence-electron chi connectivity index (χ2n) is 2.50. The lowest BCUT2D eigenvalue weighted by Gasteiger charge is -2.31. The molecule has 1 aliphatic rings. The van der Waals surface area contributed by atoms with Gasteiger partial charge in [-0.2, -0.15) is 0 Å². The molecule has 0 radical (unpaired) electrons. The molecule has 1 heterocycles. The molecule has 0 aromatic carbocycles. The van der Waals surface area contributed by atoms with Gasteiger partial charge in [-0.1, -0.05) is 0 Å². The van der Waals surface area contributed by atoms with E-state index in [1.807, 2.05) is 0 Å². The van der Waals surface area contributed by atoms with E-state index in [0.29, 0.717) is 0 Å². The number of halogens is 1. The Hall–Kier alpha value is 0.170. The van der Waals surface area contributed by atoms with Crippen LogP contribution in [0.2, 0.25) is 0 Å². The average molecular weight is 181 g/mol. The highest BCUT2D eigenvalue weighted by Gasteiger charge is 2.29. The van der Waals surface area contributed by atoms with E-state index in [1.165, 1.54) is 0 Å². The summed E-state index contributed by atoms with van der Waals surface area (Å²) in [6, 6.07) is 0. The Morgan fingerprint density at radius 1 is 1.27 bits per heavy atom. The molecule has 1 fully saturated rings. The summed E-state index contributed by atoms with van der Waals surface area (Å²) in [5.74, 6) is 0. The van der Waals surface area contributed by atoms with E-state index in [-0.39, 0.29) is 18.0 Å². The van der Waals surface area contributed by atoms with Gasteiger partial charge < -0.3 is 14.2 Å². The maximum absolute atomic E-state index is 5.90. The normalized spacial score (nSPS) is 39.0. The smallest absolute Gasteiger partial charge is 0.176 e. The molecule has 1 aliphatic heterocycles. The molecule has 4 heteroatoms. The van der Waals surface area contributed by atoms with E-state index in [2.05, 4.69) is 0 Å². The van der Waals surface area contributed by atoms with Gasteiger partial charge in [0.1, 0.15) is 0 Å². The molecule has 0 spiro atoms. The van der Waals surface area contributed by atoms with Crippen LogP contribution in [0.3, 0.4) is 0 Å². The molecule has 1 saturated heterocycles. The van der Waals surface area contributed by atoms with Gasteiger partial charge in [0.15, 0.2) is 12.6 Å². The molecule has 3 atom stereocenters. The predicted molar refractivity (Wildman–Crippen MR) is 41.6 cm³/mol. The van der Waals surface area contributed by atoms with Gasteiger partial charge in [-0.15, -0.1) is 11.6 Å². The number of ether oxygens (including phenoxy) is 3. The Morgan fingerprint density at radius 3 is 2.55 bits per heavy atom. The lowest BCUT2D eigenvalue weighted by molar-refractivity contribution is -0.249. The molecule has 11 heavy (non-hydrogen) atoms. The maximum atomic E-state index is 5.90. The van der Waals surface area contributed by atoms with Gasteiger partial charge in [0.25, 0.3) is 0 Å². The van der Waals surface area contributed by atoms with E-state index in [1.54, 1.807) is 14.2 Å². The van der Waals surface area contributed by atoms with Gasteiger partial charge >= 0.3 is 0 Å². The molecule has 0 N–H and O–H groups in total. The maximum Gasteiger partial charge on any atom is 0.176 e. The highest BCUT2D eigenvalue weighted by atomic mass is 35.5. The summed E-state index contributed by atoms with van der Waals surface area (Å²) in [6.07, 6.45) is 1.23. The van der Waals surface area contributed by atoms with Crippen molar-refractivity contribution in [1.29, 1.82) is 0 Å². The molecule has 0 aliphatic carbocycles. The fourth-order valence-corrected chi connectivity index (χ4v) is 1.40. The van der Waals surface area contributed by atoms with E-state index in [9.17, 15) is 0 Å². The van der Waals surface area contributed by atoms with Gasteiger partial charge in [0.05, 0.1) is 5.38 Å². The number of rotatable bonds is 2. The van der Waals surface area contributed by atoms with Crippen LogP contribution in [0.15, 0.2) is 0 Å². The Balaban J connectivity index is 2.37. The predicted octanol–water partition coefficient (Wildman–Crippen LogP) is 1.35. The second kappa shape index (κ2) is 4.26. The first-order chi connectivity index (χ1) is 5.27. The first-order valence-corrected chi connectivity index (χ1v) is 4.06. The second-order valence-corrected chi connectivity index (χ2v) is 3.06. The summed E-state index contributed by atoms with van der Waals surface area (Å²) >= 11 is 5.90. The van der Waals surface area contributed by atoms with Gasteiger partial charge in [0.2, 0.25) is 0 Å². The van der Waals surface area contributed by atoms with Crippen LogP contribution >= 0.6 is 11.6 Å². The summed E-state index contributed by atoms with van der Waals surface area (Å²) in [6.45, 7) is 0. The highest BCUT2D eigenvalue weighted by molar-refractivity contribution is 6.20. The molecule has 0 saturated carbocycles. The van der Waals surface area contributed by atoms with Crippen molar-refractivity contribution in [2.24, 2.45) is 0 Å². The molecule has 1 rings (SSSR count). The van der Waals surface area contributed by atoms with Gasteiger partial charge in [-0.3, -0.25) is 0 Å². The van der Waals surface area contributed by atoms with Crippen molar-refractivity contribution in [2.75, 3.05) is 14.2 Å². The molecule has 3 nitrogen and oxygen atoms in total. The van der Waals surface area contributed by atoms with E-state index < -0.39 is 0 Å². The Bertz CT molecular complexity index is 120. The van der Waals surface area contributed by atoms with Gasteiger partial charge in [-0.05, 0) is 6.42 Å². The number of methoxy groups -OCH3 is 2. The first-order valence-electron chi connectivity index (χ1n) is 3.63. The third-order valence-corrected chi connectivity index (χ3v) is 2.18. The summed E-state index contributed by atoms with van der Waals surface area (Å²) in [5, 5.41) is -0.0496. The third kappa shape index (κ3) is 2.30. The lowest BCUT2D eigenvalue weighted by atomic mass is 10.2. The van der Waals surface area contributed by atoms with Gasteiger partial charge in [-0.25, -0.2) is 0 Å². The third-order valence-electron chi connectivity index (χ3n) is 1.75. The summed E-state index contributed by atoms with van der Waals surface area (Å²) in [4.78, 5) is 0. The van der Waals surface area contributed by atoms with Crippen LogP contribution in [0.25, 0.3) is 0 Å².